The average molecular weight is 944 g/mol. The molecule has 4 aliphatic heterocycles. The smallest absolute Gasteiger partial charge is 0.367 e. The van der Waals surface area contributed by atoms with E-state index in [0.717, 1.165) is 79.8 Å². The quantitative estimate of drug-likeness (QED) is 0.144. The molecule has 1 unspecified atom stereocenters. The molecule has 16 nitrogen and oxygen atoms in total. The Hall–Kier alpha value is -6.46. The van der Waals surface area contributed by atoms with Gasteiger partial charge in [0.15, 0.2) is 5.82 Å². The van der Waals surface area contributed by atoms with Gasteiger partial charge in [-0.3, -0.25) is 44.2 Å². The van der Waals surface area contributed by atoms with Crippen LogP contribution in [-0.4, -0.2) is 118 Å². The minimum absolute atomic E-state index is 0.00408. The standard InChI is InChI=1S/C46H46ClF4N11O5/c1-44(2,46(49,50)51)42-55-36(57-58-42)22-54-43(67)45(24-52)19-27-15-29(32(47)16-28(27)20-45)26-3-5-37(53-21-26)61-9-7-25(8-10-61)23-59-11-13-60(14-12-59)35-18-31-30(17-33(35)48)40(65)62(41(31)66)34-4-6-38(63)56-39(34)64/h3,5,15-18,21,25,34H,4,6-14,19-20,22-23H2,1-2H3,(H,54,67)(H,55,57,58)(H,56,63,64)/t34?,45-/m1/s1. The second-order valence-corrected chi connectivity index (χ2v) is 18.9. The molecule has 3 fully saturated rings. The zero-order valence-corrected chi connectivity index (χ0v) is 37.4. The fraction of sp³-hybridized carbons (Fsp3) is 0.457. The molecule has 0 spiro atoms. The number of pyridine rings is 1. The number of rotatable bonds is 10. The summed E-state index contributed by atoms with van der Waals surface area (Å²) in [5.41, 5.74) is -0.571. The van der Waals surface area contributed by atoms with Crippen LogP contribution in [0.4, 0.5) is 29.1 Å². The Bertz CT molecular complexity index is 2720. The zero-order valence-electron chi connectivity index (χ0n) is 36.6. The number of hydrogen-bond donors (Lipinski definition) is 3. The lowest BCUT2D eigenvalue weighted by molar-refractivity contribution is -0.182. The molecule has 1 aliphatic carbocycles. The maximum Gasteiger partial charge on any atom is 0.401 e. The van der Waals surface area contributed by atoms with Crippen LogP contribution < -0.4 is 20.4 Å². The van der Waals surface area contributed by atoms with Crippen LogP contribution in [-0.2, 0) is 39.2 Å². The number of aromatic nitrogens is 4. The van der Waals surface area contributed by atoms with Crippen LogP contribution in [0.2, 0.25) is 5.02 Å². The van der Waals surface area contributed by atoms with E-state index in [1.165, 1.54) is 6.07 Å². The van der Waals surface area contributed by atoms with Crippen LogP contribution in [0.15, 0.2) is 42.6 Å². The van der Waals surface area contributed by atoms with Gasteiger partial charge >= 0.3 is 6.18 Å². The van der Waals surface area contributed by atoms with Gasteiger partial charge in [0.1, 0.15) is 34.3 Å². The molecule has 5 aliphatic rings. The van der Waals surface area contributed by atoms with E-state index < -0.39 is 64.2 Å². The number of aromatic amines is 1. The van der Waals surface area contributed by atoms with E-state index >= 15 is 4.39 Å². The normalized spacial score (nSPS) is 21.6. The van der Waals surface area contributed by atoms with Gasteiger partial charge in [-0.05, 0) is 86.6 Å². The molecule has 0 saturated carbocycles. The molecule has 350 valence electrons. The summed E-state index contributed by atoms with van der Waals surface area (Å²) < 4.78 is 56.0. The highest BCUT2D eigenvalue weighted by Gasteiger charge is 2.52. The molecular weight excluding hydrogens is 898 g/mol. The monoisotopic (exact) mass is 943 g/mol. The van der Waals surface area contributed by atoms with Gasteiger partial charge in [-0.25, -0.2) is 14.4 Å². The Morgan fingerprint density at radius 2 is 1.61 bits per heavy atom. The second-order valence-electron chi connectivity index (χ2n) is 18.5. The van der Waals surface area contributed by atoms with Gasteiger partial charge in [-0.1, -0.05) is 11.6 Å². The lowest BCUT2D eigenvalue weighted by Crippen LogP contribution is -2.54. The van der Waals surface area contributed by atoms with E-state index in [9.17, 15) is 42.4 Å². The number of imide groups is 2. The lowest BCUT2D eigenvalue weighted by Gasteiger charge is -2.40. The summed E-state index contributed by atoms with van der Waals surface area (Å²) in [5, 5.41) is 21.6. The number of piperidine rings is 2. The fourth-order valence-corrected chi connectivity index (χ4v) is 9.96. The Morgan fingerprint density at radius 3 is 2.25 bits per heavy atom. The number of hydrogen-bond acceptors (Lipinski definition) is 12. The van der Waals surface area contributed by atoms with Crippen molar-refractivity contribution in [1.29, 1.82) is 5.26 Å². The lowest BCUT2D eigenvalue weighted by atomic mass is 9.85. The highest BCUT2D eigenvalue weighted by atomic mass is 35.5. The molecule has 2 atom stereocenters. The molecule has 4 aromatic rings. The number of alkyl halides is 3. The van der Waals surface area contributed by atoms with Crippen molar-refractivity contribution in [2.24, 2.45) is 11.3 Å². The van der Waals surface area contributed by atoms with Crippen molar-refractivity contribution in [1.82, 2.24) is 40.6 Å². The van der Waals surface area contributed by atoms with Crippen molar-refractivity contribution in [2.45, 2.75) is 76.6 Å². The molecule has 2 aromatic carbocycles. The Labute approximate surface area is 387 Å². The van der Waals surface area contributed by atoms with Gasteiger partial charge in [-0.2, -0.15) is 23.5 Å². The van der Waals surface area contributed by atoms with Crippen LogP contribution in [0, 0.1) is 28.5 Å². The number of fused-ring (bicyclic) bond motifs is 2. The van der Waals surface area contributed by atoms with Crippen molar-refractivity contribution in [2.75, 3.05) is 55.6 Å². The third-order valence-corrected chi connectivity index (χ3v) is 14.2. The number of nitrogens with one attached hydrogen (secondary N) is 3. The second kappa shape index (κ2) is 17.3. The predicted molar refractivity (Wildman–Crippen MR) is 234 cm³/mol. The first-order chi connectivity index (χ1) is 31.9. The molecule has 21 heteroatoms. The van der Waals surface area contributed by atoms with Gasteiger partial charge in [0.2, 0.25) is 17.7 Å². The topological polar surface area (TPSA) is 201 Å². The minimum atomic E-state index is -4.58. The Kier molecular flexibility index (Phi) is 11.8. The Morgan fingerprint density at radius 1 is 0.925 bits per heavy atom. The maximum absolute atomic E-state index is 15.5. The number of nitrogens with zero attached hydrogens (tertiary/aromatic N) is 8. The van der Waals surface area contributed by atoms with Gasteiger partial charge < -0.3 is 15.1 Å². The van der Waals surface area contributed by atoms with Gasteiger partial charge in [0, 0.05) is 87.4 Å². The maximum atomic E-state index is 15.5. The highest BCUT2D eigenvalue weighted by Crippen LogP contribution is 2.43. The summed E-state index contributed by atoms with van der Waals surface area (Å²) in [6.07, 6.45) is -0.697. The first-order valence-electron chi connectivity index (χ1n) is 22.1. The first kappa shape index (κ1) is 45.7. The number of carbonyl (C=O) groups is 5. The number of anilines is 2. The summed E-state index contributed by atoms with van der Waals surface area (Å²) >= 11 is 6.78. The molecule has 3 saturated heterocycles. The molecule has 5 amide bonds. The van der Waals surface area contributed by atoms with E-state index in [-0.39, 0.29) is 54.9 Å². The van der Waals surface area contributed by atoms with E-state index in [4.69, 9.17) is 16.6 Å². The van der Waals surface area contributed by atoms with E-state index in [0.29, 0.717) is 42.7 Å². The number of amides is 5. The number of H-pyrrole nitrogens is 1. The molecule has 3 N–H and O–H groups in total. The predicted octanol–water partition coefficient (Wildman–Crippen LogP) is 4.86. The van der Waals surface area contributed by atoms with Crippen molar-refractivity contribution >= 4 is 52.6 Å². The third kappa shape index (κ3) is 8.47. The van der Waals surface area contributed by atoms with Crippen molar-refractivity contribution in [3.63, 3.8) is 0 Å². The largest absolute Gasteiger partial charge is 0.401 e. The van der Waals surface area contributed by atoms with Crippen LogP contribution >= 0.6 is 11.6 Å². The minimum Gasteiger partial charge on any atom is -0.367 e. The van der Waals surface area contributed by atoms with E-state index in [2.05, 4.69) is 41.7 Å². The Balaban J connectivity index is 0.758. The molecule has 0 radical (unpaired) electrons. The van der Waals surface area contributed by atoms with Gasteiger partial charge in [0.25, 0.3) is 11.8 Å². The number of nitriles is 1. The zero-order chi connectivity index (χ0) is 47.6. The summed E-state index contributed by atoms with van der Waals surface area (Å²) in [4.78, 5) is 80.1. The van der Waals surface area contributed by atoms with Gasteiger partial charge in [0.05, 0.1) is 29.4 Å². The van der Waals surface area contributed by atoms with Crippen LogP contribution in [0.5, 0.6) is 0 Å². The number of piperazine rings is 1. The van der Waals surface area contributed by atoms with E-state index in [1.54, 1.807) is 12.3 Å². The SMILES string of the molecule is CC(C)(c1n[nH]c(CNC(=O)[C@@]2(C#N)Cc3cc(Cl)c(-c4ccc(N5CCC(CN6CCN(c7cc8c(cc7F)C(=O)N(C7CCC(=O)NC7=O)C8=O)CC6)CC5)nc4)cc3C2)n1)C(F)(F)F. The molecule has 67 heavy (non-hydrogen) atoms. The molecule has 9 rings (SSSR count). The van der Waals surface area contributed by atoms with Crippen LogP contribution in [0.3, 0.4) is 0 Å². The summed E-state index contributed by atoms with van der Waals surface area (Å²) in [7, 11) is 0. The molecule has 0 bridgehead atoms. The number of halogens is 5. The molecular formula is C46H46ClF4N11O5. The highest BCUT2D eigenvalue weighted by molar-refractivity contribution is 6.33. The number of benzene rings is 2. The summed E-state index contributed by atoms with van der Waals surface area (Å²) in [5.74, 6) is -2.96. The summed E-state index contributed by atoms with van der Waals surface area (Å²) in [6, 6.07) is 11.1. The first-order valence-corrected chi connectivity index (χ1v) is 22.5. The van der Waals surface area contributed by atoms with Crippen molar-refractivity contribution in [3.05, 3.63) is 87.3 Å². The van der Waals surface area contributed by atoms with Crippen LogP contribution in [0.25, 0.3) is 11.1 Å². The van der Waals surface area contributed by atoms with Crippen molar-refractivity contribution in [3.8, 4) is 17.2 Å². The van der Waals surface area contributed by atoms with Crippen molar-refractivity contribution < 1.29 is 41.5 Å². The average Bonchev–Trinajstić information content (AvgIpc) is 4.00. The number of carbonyl (C=O) groups excluding carboxylic acids is 5. The fourth-order valence-electron chi connectivity index (χ4n) is 9.66. The van der Waals surface area contributed by atoms with Gasteiger partial charge in [-0.15, -0.1) is 0 Å². The third-order valence-electron chi connectivity index (χ3n) is 13.9. The van der Waals surface area contributed by atoms with E-state index in [1.807, 2.05) is 23.1 Å². The van der Waals surface area contributed by atoms with Crippen LogP contribution in [0.1, 0.15) is 83.0 Å². The molecule has 6 heterocycles. The summed E-state index contributed by atoms with van der Waals surface area (Å²) in [6.45, 7) is 6.61. The molecule has 2 aromatic heterocycles.